The minimum absolute atomic E-state index is 0.346. The van der Waals surface area contributed by atoms with Crippen molar-refractivity contribution in [2.24, 2.45) is 0 Å². The van der Waals surface area contributed by atoms with Gasteiger partial charge in [-0.25, -0.2) is 4.68 Å². The fourth-order valence-electron chi connectivity index (χ4n) is 3.01. The predicted molar refractivity (Wildman–Crippen MR) is 89.5 cm³/mol. The van der Waals surface area contributed by atoms with E-state index in [1.54, 1.807) is 0 Å². The molecule has 0 saturated carbocycles. The van der Waals surface area contributed by atoms with Crippen LogP contribution in [0.4, 0.5) is 0 Å². The number of aromatic nitrogens is 2. The second-order valence-electron chi connectivity index (χ2n) is 6.26. The summed E-state index contributed by atoms with van der Waals surface area (Å²) in [6.07, 6.45) is 3.75. The summed E-state index contributed by atoms with van der Waals surface area (Å²) in [5, 5.41) is 16.0. The smallest absolute Gasteiger partial charge is 0.325 e. The molecule has 6 nitrogen and oxygen atoms in total. The molecule has 0 spiro atoms. The van der Waals surface area contributed by atoms with Crippen LogP contribution in [-0.2, 0) is 17.6 Å². The number of carboxylic acids is 1. The summed E-state index contributed by atoms with van der Waals surface area (Å²) in [4.78, 5) is 23.5. The van der Waals surface area contributed by atoms with E-state index in [-0.39, 0.29) is 0 Å². The first-order chi connectivity index (χ1) is 11.5. The Morgan fingerprint density at radius 2 is 1.88 bits per heavy atom. The molecule has 1 atom stereocenters. The average molecular weight is 327 g/mol. The van der Waals surface area contributed by atoms with Crippen LogP contribution >= 0.6 is 0 Å². The summed E-state index contributed by atoms with van der Waals surface area (Å²) in [6.45, 7) is 3.47. The van der Waals surface area contributed by atoms with Crippen LogP contribution in [0.5, 0.6) is 0 Å². The Labute approximate surface area is 140 Å². The van der Waals surface area contributed by atoms with Crippen molar-refractivity contribution in [1.82, 2.24) is 15.1 Å². The minimum Gasteiger partial charge on any atom is -0.480 e. The molecule has 1 amide bonds. The summed E-state index contributed by atoms with van der Waals surface area (Å²) < 4.78 is 1.83. The highest BCUT2D eigenvalue weighted by atomic mass is 16.4. The number of hydrogen-bond donors (Lipinski definition) is 2. The van der Waals surface area contributed by atoms with Crippen LogP contribution in [0, 0.1) is 6.92 Å². The van der Waals surface area contributed by atoms with Gasteiger partial charge >= 0.3 is 5.97 Å². The third-order valence-corrected chi connectivity index (χ3v) is 4.39. The molecule has 1 heterocycles. The number of rotatable bonds is 4. The van der Waals surface area contributed by atoms with Crippen molar-refractivity contribution >= 4 is 11.9 Å². The summed E-state index contributed by atoms with van der Waals surface area (Å²) in [6, 6.07) is 7.05. The van der Waals surface area contributed by atoms with Gasteiger partial charge in [-0.1, -0.05) is 17.7 Å². The van der Waals surface area contributed by atoms with Gasteiger partial charge < -0.3 is 10.4 Å². The molecule has 2 N–H and O–H groups in total. The number of carboxylic acid groups (broad SMARTS) is 1. The molecule has 0 fully saturated rings. The fourth-order valence-corrected chi connectivity index (χ4v) is 3.01. The maximum absolute atomic E-state index is 12.5. The molecule has 126 valence electrons. The van der Waals surface area contributed by atoms with E-state index >= 15 is 0 Å². The number of amides is 1. The normalized spacial score (nSPS) is 14.8. The number of nitrogens with zero attached hydrogens (tertiary/aromatic N) is 2. The Balaban J connectivity index is 2.00. The summed E-state index contributed by atoms with van der Waals surface area (Å²) in [7, 11) is 0. The molecule has 1 aromatic carbocycles. The van der Waals surface area contributed by atoms with Gasteiger partial charge in [-0.3, -0.25) is 9.59 Å². The molecule has 1 aromatic heterocycles. The van der Waals surface area contributed by atoms with Gasteiger partial charge in [0.05, 0.1) is 5.69 Å². The number of aryl methyl sites for hydroxylation is 1. The maximum atomic E-state index is 12.5. The van der Waals surface area contributed by atoms with E-state index in [0.717, 1.165) is 48.2 Å². The average Bonchev–Trinajstić information content (AvgIpc) is 2.95. The molecule has 6 heteroatoms. The van der Waals surface area contributed by atoms with Crippen LogP contribution in [0.1, 0.15) is 47.1 Å². The van der Waals surface area contributed by atoms with Gasteiger partial charge in [0.1, 0.15) is 6.04 Å². The molecule has 1 unspecified atom stereocenters. The summed E-state index contributed by atoms with van der Waals surface area (Å²) in [5.41, 5.74) is 4.42. The highest BCUT2D eigenvalue weighted by molar-refractivity contribution is 5.96. The number of carbonyl (C=O) groups excluding carboxylic acids is 1. The third kappa shape index (κ3) is 3.04. The van der Waals surface area contributed by atoms with Gasteiger partial charge in [0.25, 0.3) is 5.91 Å². The molecule has 0 saturated heterocycles. The Kier molecular flexibility index (Phi) is 4.38. The van der Waals surface area contributed by atoms with Crippen molar-refractivity contribution in [2.75, 3.05) is 0 Å². The lowest BCUT2D eigenvalue weighted by molar-refractivity contribution is -0.138. The first-order valence-corrected chi connectivity index (χ1v) is 8.19. The Morgan fingerprint density at radius 3 is 2.54 bits per heavy atom. The highest BCUT2D eigenvalue weighted by Crippen LogP contribution is 2.27. The van der Waals surface area contributed by atoms with E-state index in [1.807, 2.05) is 35.9 Å². The van der Waals surface area contributed by atoms with Crippen LogP contribution in [0.15, 0.2) is 24.3 Å². The standard InChI is InChI=1S/C18H21N3O3/c1-11-7-9-13(10-8-11)21-15-6-4-3-5-14(15)16(20-21)17(22)19-12(2)18(23)24/h7-10,12H,3-6H2,1-2H3,(H,19,22)(H,23,24). The lowest BCUT2D eigenvalue weighted by Crippen LogP contribution is -2.39. The van der Waals surface area contributed by atoms with Gasteiger partial charge in [-0.05, 0) is 51.7 Å². The van der Waals surface area contributed by atoms with Gasteiger partial charge in [0, 0.05) is 11.3 Å². The molecule has 0 aliphatic heterocycles. The zero-order valence-corrected chi connectivity index (χ0v) is 13.9. The van der Waals surface area contributed by atoms with Crippen LogP contribution < -0.4 is 5.32 Å². The monoisotopic (exact) mass is 327 g/mol. The van der Waals surface area contributed by atoms with Crippen molar-refractivity contribution in [3.05, 3.63) is 46.8 Å². The van der Waals surface area contributed by atoms with Crippen molar-refractivity contribution in [2.45, 2.75) is 45.6 Å². The third-order valence-electron chi connectivity index (χ3n) is 4.39. The largest absolute Gasteiger partial charge is 0.480 e. The summed E-state index contributed by atoms with van der Waals surface area (Å²) >= 11 is 0. The molecule has 2 aromatic rings. The Morgan fingerprint density at radius 1 is 1.21 bits per heavy atom. The molecule has 0 radical (unpaired) electrons. The molecule has 24 heavy (non-hydrogen) atoms. The molecule has 1 aliphatic rings. The lowest BCUT2D eigenvalue weighted by atomic mass is 9.95. The number of fused-ring (bicyclic) bond motifs is 1. The zero-order chi connectivity index (χ0) is 17.3. The van der Waals surface area contributed by atoms with E-state index in [1.165, 1.54) is 6.92 Å². The Hall–Kier alpha value is -2.63. The number of carbonyl (C=O) groups is 2. The molecule has 3 rings (SSSR count). The molecular weight excluding hydrogens is 306 g/mol. The minimum atomic E-state index is -1.06. The number of hydrogen-bond acceptors (Lipinski definition) is 3. The van der Waals surface area contributed by atoms with Crippen molar-refractivity contribution in [3.8, 4) is 5.69 Å². The van der Waals surface area contributed by atoms with Gasteiger partial charge in [0.15, 0.2) is 5.69 Å². The first kappa shape index (κ1) is 16.2. The van der Waals surface area contributed by atoms with E-state index < -0.39 is 17.9 Å². The first-order valence-electron chi connectivity index (χ1n) is 8.19. The van der Waals surface area contributed by atoms with Gasteiger partial charge in [-0.2, -0.15) is 5.10 Å². The molecule has 1 aliphatic carbocycles. The topological polar surface area (TPSA) is 84.2 Å². The van der Waals surface area contributed by atoms with Gasteiger partial charge in [-0.15, -0.1) is 0 Å². The Bertz CT molecular complexity index is 778. The van der Waals surface area contributed by atoms with Gasteiger partial charge in [0.2, 0.25) is 0 Å². The SMILES string of the molecule is Cc1ccc(-n2nc(C(=O)NC(C)C(=O)O)c3c2CCCC3)cc1. The van der Waals surface area contributed by atoms with Crippen molar-refractivity contribution in [1.29, 1.82) is 0 Å². The van der Waals surface area contributed by atoms with E-state index in [0.29, 0.717) is 5.69 Å². The zero-order valence-electron chi connectivity index (χ0n) is 13.9. The summed E-state index contributed by atoms with van der Waals surface area (Å²) in [5.74, 6) is -1.48. The van der Waals surface area contributed by atoms with Crippen LogP contribution in [0.3, 0.4) is 0 Å². The maximum Gasteiger partial charge on any atom is 0.325 e. The number of benzene rings is 1. The lowest BCUT2D eigenvalue weighted by Gasteiger charge is -2.14. The molecular formula is C18H21N3O3. The van der Waals surface area contributed by atoms with Crippen LogP contribution in [-0.4, -0.2) is 32.8 Å². The van der Waals surface area contributed by atoms with E-state index in [9.17, 15) is 9.59 Å². The number of nitrogens with one attached hydrogen (secondary N) is 1. The predicted octanol–water partition coefficient (Wildman–Crippen LogP) is 2.26. The second-order valence-corrected chi connectivity index (χ2v) is 6.26. The fraction of sp³-hybridized carbons (Fsp3) is 0.389. The highest BCUT2D eigenvalue weighted by Gasteiger charge is 2.27. The molecule has 0 bridgehead atoms. The van der Waals surface area contributed by atoms with E-state index in [4.69, 9.17) is 5.11 Å². The van der Waals surface area contributed by atoms with Crippen molar-refractivity contribution < 1.29 is 14.7 Å². The van der Waals surface area contributed by atoms with E-state index in [2.05, 4.69) is 10.4 Å². The quantitative estimate of drug-likeness (QED) is 0.902. The second kappa shape index (κ2) is 6.47. The van der Waals surface area contributed by atoms with Crippen LogP contribution in [0.2, 0.25) is 0 Å². The van der Waals surface area contributed by atoms with Crippen LogP contribution in [0.25, 0.3) is 5.69 Å². The number of aliphatic carboxylic acids is 1. The van der Waals surface area contributed by atoms with Crippen molar-refractivity contribution in [3.63, 3.8) is 0 Å².